The fourth-order valence-electron chi connectivity index (χ4n) is 4.21. The van der Waals surface area contributed by atoms with Crippen LogP contribution in [0.15, 0.2) is 0 Å². The number of hydrogen-bond donors (Lipinski definition) is 0. The molecule has 0 aliphatic carbocycles. The van der Waals surface area contributed by atoms with Crippen molar-refractivity contribution in [2.24, 2.45) is 0 Å². The van der Waals surface area contributed by atoms with Gasteiger partial charge in [0.1, 0.15) is 0 Å². The number of nitrogens with zero attached hydrogens (tertiary/aromatic N) is 3. The van der Waals surface area contributed by atoms with Crippen LogP contribution in [-0.2, 0) is 0 Å². The van der Waals surface area contributed by atoms with Gasteiger partial charge in [-0.2, -0.15) is 0 Å². The average molecular weight is 251 g/mol. The molecule has 3 rings (SSSR count). The molecule has 0 spiro atoms. The number of piperazine rings is 1. The van der Waals surface area contributed by atoms with E-state index in [2.05, 4.69) is 42.5 Å². The van der Waals surface area contributed by atoms with E-state index in [1.165, 1.54) is 45.4 Å². The Morgan fingerprint density at radius 2 is 1.56 bits per heavy atom. The van der Waals surface area contributed by atoms with Crippen LogP contribution < -0.4 is 0 Å². The van der Waals surface area contributed by atoms with Crippen LogP contribution in [0.3, 0.4) is 0 Å². The van der Waals surface area contributed by atoms with E-state index in [-0.39, 0.29) is 0 Å². The third-order valence-corrected chi connectivity index (χ3v) is 5.44. The molecule has 2 bridgehead atoms. The van der Waals surface area contributed by atoms with E-state index in [9.17, 15) is 0 Å². The molecule has 0 N–H and O–H groups in total. The molecule has 3 heterocycles. The minimum atomic E-state index is 0.356. The van der Waals surface area contributed by atoms with Gasteiger partial charge in [-0.15, -0.1) is 0 Å². The van der Waals surface area contributed by atoms with Gasteiger partial charge in [0.25, 0.3) is 0 Å². The van der Waals surface area contributed by atoms with Crippen LogP contribution in [0.4, 0.5) is 0 Å². The molecule has 3 fully saturated rings. The smallest absolute Gasteiger partial charge is 0.0242 e. The van der Waals surface area contributed by atoms with Gasteiger partial charge in [0.05, 0.1) is 0 Å². The highest BCUT2D eigenvalue weighted by Crippen LogP contribution is 2.34. The minimum Gasteiger partial charge on any atom is -0.301 e. The normalized spacial score (nSPS) is 36.7. The summed E-state index contributed by atoms with van der Waals surface area (Å²) >= 11 is 0. The third kappa shape index (κ3) is 2.21. The Hall–Kier alpha value is -0.120. The first-order valence-corrected chi connectivity index (χ1v) is 7.66. The molecule has 0 amide bonds. The summed E-state index contributed by atoms with van der Waals surface area (Å²) < 4.78 is 0. The zero-order valence-electron chi connectivity index (χ0n) is 12.5. The first kappa shape index (κ1) is 12.9. The highest BCUT2D eigenvalue weighted by atomic mass is 15.4. The van der Waals surface area contributed by atoms with E-state index >= 15 is 0 Å². The quantitative estimate of drug-likeness (QED) is 0.701. The van der Waals surface area contributed by atoms with E-state index in [1.54, 1.807) is 0 Å². The molecule has 2 atom stereocenters. The van der Waals surface area contributed by atoms with Gasteiger partial charge in [0, 0.05) is 49.8 Å². The summed E-state index contributed by atoms with van der Waals surface area (Å²) in [6.45, 7) is 12.3. The van der Waals surface area contributed by atoms with Crippen molar-refractivity contribution in [2.45, 2.75) is 63.7 Å². The van der Waals surface area contributed by atoms with Crippen molar-refractivity contribution in [1.29, 1.82) is 0 Å². The van der Waals surface area contributed by atoms with Crippen molar-refractivity contribution in [1.82, 2.24) is 14.7 Å². The Morgan fingerprint density at radius 1 is 0.889 bits per heavy atom. The van der Waals surface area contributed by atoms with Gasteiger partial charge in [0.15, 0.2) is 0 Å². The molecule has 3 saturated heterocycles. The zero-order valence-corrected chi connectivity index (χ0v) is 12.5. The van der Waals surface area contributed by atoms with E-state index in [4.69, 9.17) is 0 Å². The molecule has 0 radical (unpaired) electrons. The lowest BCUT2D eigenvalue weighted by Crippen LogP contribution is -2.54. The van der Waals surface area contributed by atoms with Crippen LogP contribution in [0.5, 0.6) is 0 Å². The van der Waals surface area contributed by atoms with Crippen molar-refractivity contribution in [3.8, 4) is 0 Å². The van der Waals surface area contributed by atoms with Gasteiger partial charge in [-0.3, -0.25) is 9.80 Å². The van der Waals surface area contributed by atoms with Crippen molar-refractivity contribution < 1.29 is 0 Å². The minimum absolute atomic E-state index is 0.356. The van der Waals surface area contributed by atoms with Gasteiger partial charge in [0.2, 0.25) is 0 Å². The number of hydrogen-bond acceptors (Lipinski definition) is 3. The van der Waals surface area contributed by atoms with Crippen molar-refractivity contribution >= 4 is 0 Å². The fourth-order valence-corrected chi connectivity index (χ4v) is 4.21. The number of fused-ring (bicyclic) bond motifs is 2. The molecule has 3 nitrogen and oxygen atoms in total. The van der Waals surface area contributed by atoms with E-state index < -0.39 is 0 Å². The van der Waals surface area contributed by atoms with Crippen LogP contribution in [-0.4, -0.2) is 71.6 Å². The SMILES string of the molecule is CN1C[C@H]2C[C@@H]1CN2C1CCN(C(C)(C)C)CC1. The molecule has 0 aromatic heterocycles. The summed E-state index contributed by atoms with van der Waals surface area (Å²) in [5, 5.41) is 0. The van der Waals surface area contributed by atoms with E-state index in [1.807, 2.05) is 0 Å². The first-order valence-electron chi connectivity index (χ1n) is 7.66. The Labute approximate surface area is 112 Å². The Bertz CT molecular complexity index is 299. The third-order valence-electron chi connectivity index (χ3n) is 5.44. The Morgan fingerprint density at radius 3 is 2.00 bits per heavy atom. The second-order valence-corrected chi connectivity index (χ2v) is 7.57. The molecule has 104 valence electrons. The molecule has 3 aliphatic heterocycles. The lowest BCUT2D eigenvalue weighted by molar-refractivity contribution is 0.0336. The van der Waals surface area contributed by atoms with Crippen molar-refractivity contribution in [2.75, 3.05) is 33.2 Å². The highest BCUT2D eigenvalue weighted by molar-refractivity contribution is 5.01. The van der Waals surface area contributed by atoms with Gasteiger partial charge >= 0.3 is 0 Å². The van der Waals surface area contributed by atoms with Crippen LogP contribution in [0.2, 0.25) is 0 Å². The van der Waals surface area contributed by atoms with Gasteiger partial charge in [-0.25, -0.2) is 0 Å². The molecule has 0 unspecified atom stereocenters. The highest BCUT2D eigenvalue weighted by Gasteiger charge is 2.44. The van der Waals surface area contributed by atoms with Gasteiger partial charge in [-0.1, -0.05) is 0 Å². The number of rotatable bonds is 1. The maximum absolute atomic E-state index is 2.84. The standard InChI is InChI=1S/C15H29N3/c1-15(2,3)17-7-5-12(6-8-17)18-11-13-9-14(18)10-16(13)4/h12-14H,5-11H2,1-4H3/t13-,14-/m1/s1. The van der Waals surface area contributed by atoms with Crippen LogP contribution in [0.25, 0.3) is 0 Å². The summed E-state index contributed by atoms with van der Waals surface area (Å²) in [7, 11) is 2.30. The topological polar surface area (TPSA) is 9.72 Å². The molecule has 3 heteroatoms. The van der Waals surface area contributed by atoms with Crippen LogP contribution in [0, 0.1) is 0 Å². The summed E-state index contributed by atoms with van der Waals surface area (Å²) in [5.74, 6) is 0. The summed E-state index contributed by atoms with van der Waals surface area (Å²) in [6, 6.07) is 2.59. The number of piperidine rings is 1. The number of likely N-dealkylation sites (tertiary alicyclic amines) is 3. The average Bonchev–Trinajstić information content (AvgIpc) is 2.86. The molecule has 18 heavy (non-hydrogen) atoms. The van der Waals surface area contributed by atoms with E-state index in [0.717, 1.165) is 18.1 Å². The summed E-state index contributed by atoms with van der Waals surface area (Å²) in [5.41, 5.74) is 0.356. The monoisotopic (exact) mass is 251 g/mol. The molecule has 0 aromatic carbocycles. The maximum Gasteiger partial charge on any atom is 0.0242 e. The summed E-state index contributed by atoms with van der Waals surface area (Å²) in [4.78, 5) is 8.06. The second kappa shape index (κ2) is 4.46. The Balaban J connectivity index is 1.55. The maximum atomic E-state index is 2.84. The van der Waals surface area contributed by atoms with Crippen molar-refractivity contribution in [3.05, 3.63) is 0 Å². The van der Waals surface area contributed by atoms with Crippen LogP contribution in [0.1, 0.15) is 40.0 Å². The van der Waals surface area contributed by atoms with Crippen LogP contribution >= 0.6 is 0 Å². The summed E-state index contributed by atoms with van der Waals surface area (Å²) in [6.07, 6.45) is 4.18. The molecule has 0 saturated carbocycles. The Kier molecular flexibility index (Phi) is 3.20. The molecule has 3 aliphatic rings. The first-order chi connectivity index (χ1) is 8.45. The largest absolute Gasteiger partial charge is 0.301 e. The fraction of sp³-hybridized carbons (Fsp3) is 1.00. The molecular formula is C15H29N3. The lowest BCUT2D eigenvalue weighted by atomic mass is 9.96. The lowest BCUT2D eigenvalue weighted by Gasteiger charge is -2.45. The van der Waals surface area contributed by atoms with Gasteiger partial charge < -0.3 is 4.90 Å². The zero-order chi connectivity index (χ0) is 12.9. The molecular weight excluding hydrogens is 222 g/mol. The van der Waals surface area contributed by atoms with Crippen molar-refractivity contribution in [3.63, 3.8) is 0 Å². The predicted molar refractivity (Wildman–Crippen MR) is 75.9 cm³/mol. The molecule has 0 aromatic rings. The van der Waals surface area contributed by atoms with E-state index in [0.29, 0.717) is 5.54 Å². The number of likely N-dealkylation sites (N-methyl/N-ethyl adjacent to an activating group) is 1. The predicted octanol–water partition coefficient (Wildman–Crippen LogP) is 1.64. The van der Waals surface area contributed by atoms with Gasteiger partial charge in [-0.05, 0) is 47.1 Å². The second-order valence-electron chi connectivity index (χ2n) is 7.57.